The molecule has 1 atom stereocenters. The first-order chi connectivity index (χ1) is 31.9. The van der Waals surface area contributed by atoms with Crippen molar-refractivity contribution in [3.63, 3.8) is 0 Å². The maximum atomic E-state index is 14.9. The number of likely N-dealkylation sites (tertiary alicyclic amines) is 1. The van der Waals surface area contributed by atoms with Crippen molar-refractivity contribution in [2.45, 2.75) is 102 Å². The van der Waals surface area contributed by atoms with Gasteiger partial charge in [0.2, 0.25) is 0 Å². The fourth-order valence-corrected chi connectivity index (χ4v) is 11.4. The van der Waals surface area contributed by atoms with Gasteiger partial charge in [0.15, 0.2) is 5.75 Å². The SMILES string of the molecule is CCOc1nc2[nH]cc(F)c2cc1Oc1cc(N2CCC3(CC2)CN(CCc2ccccc2C(C)(C)C)C3)ccc1C(=O)NS(=O)(=O)c1cc(N=O)c2c(c1)OC[C@H](C1CCC(C)(O)CC1)N2. The van der Waals surface area contributed by atoms with E-state index in [0.29, 0.717) is 12.8 Å². The van der Waals surface area contributed by atoms with E-state index >= 15 is 0 Å². The average Bonchev–Trinajstić information content (AvgIpc) is 3.65. The first-order valence-corrected chi connectivity index (χ1v) is 24.8. The van der Waals surface area contributed by atoms with Crippen LogP contribution in [-0.2, 0) is 21.9 Å². The van der Waals surface area contributed by atoms with Gasteiger partial charge in [-0.25, -0.2) is 17.5 Å². The van der Waals surface area contributed by atoms with Crippen molar-refractivity contribution < 1.29 is 36.9 Å². The maximum Gasteiger partial charge on any atom is 0.268 e. The number of ether oxygens (including phenoxy) is 3. The van der Waals surface area contributed by atoms with Crippen LogP contribution >= 0.6 is 0 Å². The van der Waals surface area contributed by atoms with Gasteiger partial charge in [-0.15, -0.1) is 4.91 Å². The normalized spacial score (nSPS) is 21.7. The zero-order valence-electron chi connectivity index (χ0n) is 38.8. The third-order valence-corrected chi connectivity index (χ3v) is 15.5. The van der Waals surface area contributed by atoms with Gasteiger partial charge in [0.05, 0.1) is 34.1 Å². The molecule has 0 bridgehead atoms. The van der Waals surface area contributed by atoms with Gasteiger partial charge in [0, 0.05) is 62.8 Å². The summed E-state index contributed by atoms with van der Waals surface area (Å²) >= 11 is 0. The quantitative estimate of drug-likeness (QED) is 0.0822. The minimum absolute atomic E-state index is 0.00243. The molecule has 2 aromatic heterocycles. The highest BCUT2D eigenvalue weighted by Crippen LogP contribution is 2.45. The number of amides is 1. The number of carbonyl (C=O) groups excluding carboxylic acids is 1. The molecule has 3 aliphatic heterocycles. The zero-order valence-corrected chi connectivity index (χ0v) is 39.6. The summed E-state index contributed by atoms with van der Waals surface area (Å²) in [6.07, 6.45) is 6.90. The number of nitroso groups, excluding NO2 is 1. The molecule has 356 valence electrons. The predicted octanol–water partition coefficient (Wildman–Crippen LogP) is 8.97. The maximum absolute atomic E-state index is 14.9. The van der Waals surface area contributed by atoms with E-state index in [1.54, 1.807) is 19.1 Å². The topological polar surface area (TPSA) is 188 Å². The van der Waals surface area contributed by atoms with Gasteiger partial charge in [-0.1, -0.05) is 45.0 Å². The molecule has 1 amide bonds. The number of pyridine rings is 1. The predicted molar refractivity (Wildman–Crippen MR) is 255 cm³/mol. The summed E-state index contributed by atoms with van der Waals surface area (Å²) in [6, 6.07) is 17.3. The van der Waals surface area contributed by atoms with Crippen molar-refractivity contribution in [1.82, 2.24) is 19.6 Å². The van der Waals surface area contributed by atoms with Crippen molar-refractivity contribution >= 4 is 44.0 Å². The van der Waals surface area contributed by atoms with Crippen molar-refractivity contribution in [2.24, 2.45) is 16.5 Å². The van der Waals surface area contributed by atoms with Crippen LogP contribution in [-0.4, -0.2) is 91.9 Å². The highest BCUT2D eigenvalue weighted by Gasteiger charge is 2.45. The van der Waals surface area contributed by atoms with Crippen LogP contribution in [0.15, 0.2) is 76.9 Å². The van der Waals surface area contributed by atoms with Gasteiger partial charge < -0.3 is 39.4 Å². The Morgan fingerprint density at radius 1 is 1.04 bits per heavy atom. The molecule has 1 aliphatic carbocycles. The molecule has 15 nitrogen and oxygen atoms in total. The number of fused-ring (bicyclic) bond motifs is 2. The largest absolute Gasteiger partial charge is 0.489 e. The number of rotatable bonds is 13. The average molecular weight is 938 g/mol. The summed E-state index contributed by atoms with van der Waals surface area (Å²) in [4.78, 5) is 37.9. The van der Waals surface area contributed by atoms with Crippen LogP contribution in [0.3, 0.4) is 0 Å². The Morgan fingerprint density at radius 2 is 1.79 bits per heavy atom. The summed E-state index contributed by atoms with van der Waals surface area (Å²) in [5.41, 5.74) is 3.34. The molecule has 4 aliphatic rings. The second kappa shape index (κ2) is 18.0. The molecule has 2 saturated heterocycles. The van der Waals surface area contributed by atoms with E-state index in [4.69, 9.17) is 14.2 Å². The highest BCUT2D eigenvalue weighted by molar-refractivity contribution is 7.90. The molecular weight excluding hydrogens is 878 g/mol. The fourth-order valence-electron chi connectivity index (χ4n) is 10.4. The van der Waals surface area contributed by atoms with Gasteiger partial charge >= 0.3 is 0 Å². The zero-order chi connectivity index (χ0) is 47.3. The van der Waals surface area contributed by atoms with E-state index < -0.39 is 32.2 Å². The van der Waals surface area contributed by atoms with Crippen molar-refractivity contribution in [3.05, 3.63) is 94.3 Å². The number of hydrogen-bond donors (Lipinski definition) is 4. The number of H-pyrrole nitrogens is 1. The molecule has 1 saturated carbocycles. The molecule has 9 rings (SSSR count). The van der Waals surface area contributed by atoms with Crippen LogP contribution < -0.4 is 29.1 Å². The number of benzene rings is 3. The number of halogens is 1. The van der Waals surface area contributed by atoms with Crippen LogP contribution in [0.5, 0.6) is 23.1 Å². The molecule has 0 radical (unpaired) electrons. The summed E-state index contributed by atoms with van der Waals surface area (Å²) in [5.74, 6) is -1.22. The molecule has 4 N–H and O–H groups in total. The third-order valence-electron chi connectivity index (χ3n) is 14.2. The third kappa shape index (κ3) is 9.68. The van der Waals surface area contributed by atoms with Crippen LogP contribution in [0.1, 0.15) is 94.6 Å². The van der Waals surface area contributed by atoms with E-state index in [9.17, 15) is 27.6 Å². The minimum Gasteiger partial charge on any atom is -0.489 e. The molecule has 0 unspecified atom stereocenters. The number of anilines is 2. The number of nitrogens with zero attached hydrogens (tertiary/aromatic N) is 4. The number of aromatic amines is 1. The second-order valence-corrected chi connectivity index (χ2v) is 21.8. The van der Waals surface area contributed by atoms with Crippen molar-refractivity contribution in [2.75, 3.05) is 56.2 Å². The molecule has 3 aromatic carbocycles. The number of aromatic nitrogens is 2. The molecular formula is C50H60FN7O8S. The van der Waals surface area contributed by atoms with E-state index in [-0.39, 0.29) is 87.1 Å². The Bertz CT molecular complexity index is 2780. The van der Waals surface area contributed by atoms with E-state index in [1.807, 2.05) is 6.92 Å². The highest BCUT2D eigenvalue weighted by atomic mass is 32.2. The summed E-state index contributed by atoms with van der Waals surface area (Å²) in [7, 11) is -4.62. The van der Waals surface area contributed by atoms with Gasteiger partial charge in [-0.05, 0) is 110 Å². The van der Waals surface area contributed by atoms with Crippen LogP contribution in [0.2, 0.25) is 0 Å². The van der Waals surface area contributed by atoms with Crippen molar-refractivity contribution in [3.8, 4) is 23.1 Å². The van der Waals surface area contributed by atoms with Crippen LogP contribution in [0, 0.1) is 22.1 Å². The molecule has 17 heteroatoms. The van der Waals surface area contributed by atoms with Gasteiger partial charge in [0.25, 0.3) is 21.8 Å². The van der Waals surface area contributed by atoms with E-state index in [0.717, 1.165) is 76.6 Å². The standard InChI is InChI=1S/C50H60FN7O8S/c1-6-64-47-43(26-36-38(51)27-52-45(36)54-47)66-41-23-33(58-21-18-50(19-22-58)29-57(30-50)20-15-31-9-7-8-10-37(31)48(2,3)4)11-12-35(41)46(59)56-67(62,63)34-24-39(55-61)44-42(25-34)65-28-40(53-44)32-13-16-49(5,60)17-14-32/h7-12,23-27,32,40,53,60H,6,13-22,28-30H2,1-5H3,(H,52,54)(H,56,59)/t32?,40-,49?/m1/s1. The lowest BCUT2D eigenvalue weighted by atomic mass is 9.71. The van der Waals surface area contributed by atoms with Gasteiger partial charge in [-0.2, -0.15) is 4.98 Å². The Kier molecular flexibility index (Phi) is 12.5. The monoisotopic (exact) mass is 937 g/mol. The fraction of sp³-hybridized carbons (Fsp3) is 0.480. The molecule has 67 heavy (non-hydrogen) atoms. The number of piperidine rings is 1. The summed E-state index contributed by atoms with van der Waals surface area (Å²) < 4.78 is 63.3. The first kappa shape index (κ1) is 46.3. The lowest BCUT2D eigenvalue weighted by Gasteiger charge is -2.54. The lowest BCUT2D eigenvalue weighted by molar-refractivity contribution is -0.0172. The number of nitrogens with one attached hydrogen (secondary N) is 3. The molecule has 5 aromatic rings. The van der Waals surface area contributed by atoms with Gasteiger partial charge in [0.1, 0.15) is 40.9 Å². The number of hydrogen-bond acceptors (Lipinski definition) is 13. The van der Waals surface area contributed by atoms with Gasteiger partial charge in [-0.3, -0.25) is 4.79 Å². The molecule has 3 fully saturated rings. The Hall–Kier alpha value is -5.78. The Balaban J connectivity index is 0.934. The summed E-state index contributed by atoms with van der Waals surface area (Å²) in [6.45, 7) is 15.4. The van der Waals surface area contributed by atoms with Crippen LogP contribution in [0.4, 0.5) is 21.5 Å². The lowest BCUT2D eigenvalue weighted by Crippen LogP contribution is -2.60. The molecule has 1 spiro atoms. The minimum atomic E-state index is -4.62. The molecule has 5 heterocycles. The number of sulfonamides is 1. The van der Waals surface area contributed by atoms with Crippen molar-refractivity contribution in [1.29, 1.82) is 0 Å². The number of aliphatic hydroxyl groups is 1. The van der Waals surface area contributed by atoms with E-state index in [2.05, 4.69) is 80.0 Å². The smallest absolute Gasteiger partial charge is 0.268 e. The summed E-state index contributed by atoms with van der Waals surface area (Å²) in [5, 5.41) is 17.0. The van der Waals surface area contributed by atoms with E-state index in [1.165, 1.54) is 35.5 Å². The van der Waals surface area contributed by atoms with Crippen LogP contribution in [0.25, 0.3) is 11.0 Å². The first-order valence-electron chi connectivity index (χ1n) is 23.3. The second-order valence-electron chi connectivity index (χ2n) is 20.1. The Morgan fingerprint density at radius 3 is 2.51 bits per heavy atom. The number of carbonyl (C=O) groups is 1. The Labute approximate surface area is 390 Å².